The van der Waals surface area contributed by atoms with Gasteiger partial charge in [0.2, 0.25) is 0 Å². The fourth-order valence-electron chi connectivity index (χ4n) is 1.52. The molecule has 0 aromatic heterocycles. The van der Waals surface area contributed by atoms with Crippen molar-refractivity contribution in [1.82, 2.24) is 0 Å². The van der Waals surface area contributed by atoms with Crippen LogP contribution in [0.4, 0.5) is 0 Å². The Labute approximate surface area is 90.0 Å². The van der Waals surface area contributed by atoms with Crippen molar-refractivity contribution in [3.05, 3.63) is 29.3 Å². The topological polar surface area (TPSA) is 51.2 Å². The first-order valence-electron chi connectivity index (χ1n) is 4.59. The van der Waals surface area contributed by atoms with Gasteiger partial charge in [-0.2, -0.15) is 0 Å². The first-order chi connectivity index (χ1) is 6.80. The van der Waals surface area contributed by atoms with Gasteiger partial charge in [-0.3, -0.25) is 4.79 Å². The Morgan fingerprint density at radius 1 is 1.33 bits per heavy atom. The van der Waals surface area contributed by atoms with E-state index in [-0.39, 0.29) is 5.78 Å². The second-order valence-corrected chi connectivity index (χ2v) is 5.73. The Hall–Kier alpha value is -1.16. The van der Waals surface area contributed by atoms with E-state index in [2.05, 4.69) is 0 Å². The molecule has 0 unspecified atom stereocenters. The highest BCUT2D eigenvalue weighted by molar-refractivity contribution is 7.90. The van der Waals surface area contributed by atoms with Gasteiger partial charge < -0.3 is 0 Å². The Balaban J connectivity index is 3.15. The summed E-state index contributed by atoms with van der Waals surface area (Å²) in [5.74, 6) is 0.0708. The molecule has 3 nitrogen and oxygen atoms in total. The number of benzene rings is 1. The number of hydrogen-bond donors (Lipinski definition) is 0. The molecule has 15 heavy (non-hydrogen) atoms. The van der Waals surface area contributed by atoms with Crippen LogP contribution in [0.15, 0.2) is 23.1 Å². The largest absolute Gasteiger partial charge is 0.300 e. The minimum Gasteiger partial charge on any atom is -0.300 e. The molecular weight excluding hydrogens is 212 g/mol. The zero-order valence-electron chi connectivity index (χ0n) is 9.07. The van der Waals surface area contributed by atoms with Crippen molar-refractivity contribution in [2.45, 2.75) is 25.2 Å². The van der Waals surface area contributed by atoms with Crippen LogP contribution in [0.3, 0.4) is 0 Å². The SMILES string of the molecule is CC(=O)Cc1ccc(S(C)(=O)=O)c(C)c1. The van der Waals surface area contributed by atoms with E-state index in [0.29, 0.717) is 16.9 Å². The molecule has 0 radical (unpaired) electrons. The molecule has 1 rings (SSSR count). The van der Waals surface area contributed by atoms with E-state index in [9.17, 15) is 13.2 Å². The molecule has 1 aromatic rings. The van der Waals surface area contributed by atoms with Crippen LogP contribution in [0, 0.1) is 6.92 Å². The summed E-state index contributed by atoms with van der Waals surface area (Å²) in [4.78, 5) is 11.2. The number of rotatable bonds is 3. The molecule has 0 amide bonds. The van der Waals surface area contributed by atoms with E-state index >= 15 is 0 Å². The summed E-state index contributed by atoms with van der Waals surface area (Å²) in [6, 6.07) is 4.99. The predicted octanol–water partition coefficient (Wildman–Crippen LogP) is 1.53. The highest BCUT2D eigenvalue weighted by atomic mass is 32.2. The lowest BCUT2D eigenvalue weighted by Gasteiger charge is -2.05. The molecule has 1 aromatic carbocycles. The van der Waals surface area contributed by atoms with E-state index in [4.69, 9.17) is 0 Å². The summed E-state index contributed by atoms with van der Waals surface area (Å²) in [7, 11) is -3.16. The third-order valence-electron chi connectivity index (χ3n) is 2.09. The highest BCUT2D eigenvalue weighted by Gasteiger charge is 2.10. The molecule has 0 heterocycles. The van der Waals surface area contributed by atoms with E-state index < -0.39 is 9.84 Å². The number of aryl methyl sites for hydroxylation is 1. The summed E-state index contributed by atoms with van der Waals surface area (Å²) in [6.07, 6.45) is 1.53. The van der Waals surface area contributed by atoms with E-state index in [1.165, 1.54) is 13.2 Å². The van der Waals surface area contributed by atoms with Crippen LogP contribution in [0.5, 0.6) is 0 Å². The van der Waals surface area contributed by atoms with Crippen LogP contribution in [0.2, 0.25) is 0 Å². The average Bonchev–Trinajstić information content (AvgIpc) is 1.99. The number of carbonyl (C=O) groups excluding carboxylic acids is 1. The van der Waals surface area contributed by atoms with Crippen molar-refractivity contribution in [3.63, 3.8) is 0 Å². The summed E-state index contributed by atoms with van der Waals surface area (Å²) in [5, 5.41) is 0. The first kappa shape index (κ1) is 11.9. The maximum Gasteiger partial charge on any atom is 0.175 e. The first-order valence-corrected chi connectivity index (χ1v) is 6.49. The number of hydrogen-bond acceptors (Lipinski definition) is 3. The third-order valence-corrected chi connectivity index (χ3v) is 3.35. The van der Waals surface area contributed by atoms with Crippen LogP contribution < -0.4 is 0 Å². The second-order valence-electron chi connectivity index (χ2n) is 3.75. The van der Waals surface area contributed by atoms with Crippen molar-refractivity contribution in [2.75, 3.05) is 6.26 Å². The lowest BCUT2D eigenvalue weighted by atomic mass is 10.1. The maximum absolute atomic E-state index is 11.3. The molecule has 0 spiro atoms. The number of carbonyl (C=O) groups is 1. The zero-order chi connectivity index (χ0) is 11.6. The Kier molecular flexibility index (Phi) is 3.29. The van der Waals surface area contributed by atoms with Gasteiger partial charge in [-0.1, -0.05) is 12.1 Å². The van der Waals surface area contributed by atoms with Crippen molar-refractivity contribution < 1.29 is 13.2 Å². The van der Waals surface area contributed by atoms with Crippen LogP contribution in [-0.2, 0) is 21.1 Å². The van der Waals surface area contributed by atoms with Crippen molar-refractivity contribution in [1.29, 1.82) is 0 Å². The van der Waals surface area contributed by atoms with Gasteiger partial charge in [-0.15, -0.1) is 0 Å². The minimum atomic E-state index is -3.16. The molecule has 0 saturated carbocycles. The fraction of sp³-hybridized carbons (Fsp3) is 0.364. The second kappa shape index (κ2) is 4.14. The Morgan fingerprint density at radius 2 is 1.93 bits per heavy atom. The summed E-state index contributed by atoms with van der Waals surface area (Å²) >= 11 is 0. The molecule has 0 aliphatic heterocycles. The summed E-state index contributed by atoms with van der Waals surface area (Å²) in [6.45, 7) is 3.25. The summed E-state index contributed by atoms with van der Waals surface area (Å²) in [5.41, 5.74) is 1.55. The van der Waals surface area contributed by atoms with Crippen LogP contribution in [-0.4, -0.2) is 20.5 Å². The molecule has 0 aliphatic carbocycles. The van der Waals surface area contributed by atoms with Gasteiger partial charge >= 0.3 is 0 Å². The monoisotopic (exact) mass is 226 g/mol. The van der Waals surface area contributed by atoms with Crippen molar-refractivity contribution in [2.24, 2.45) is 0 Å². The number of ketones is 1. The smallest absolute Gasteiger partial charge is 0.175 e. The van der Waals surface area contributed by atoms with Gasteiger partial charge in [0, 0.05) is 12.7 Å². The number of sulfone groups is 1. The summed E-state index contributed by atoms with van der Waals surface area (Å²) < 4.78 is 22.6. The lowest BCUT2D eigenvalue weighted by Crippen LogP contribution is -2.02. The quantitative estimate of drug-likeness (QED) is 0.785. The highest BCUT2D eigenvalue weighted by Crippen LogP contribution is 2.16. The van der Waals surface area contributed by atoms with Crippen LogP contribution in [0.1, 0.15) is 18.1 Å². The molecule has 0 fully saturated rings. The Bertz CT molecular complexity index is 487. The fourth-order valence-corrected chi connectivity index (χ4v) is 2.48. The lowest BCUT2D eigenvalue weighted by molar-refractivity contribution is -0.116. The molecule has 0 bridgehead atoms. The third kappa shape index (κ3) is 3.16. The van der Waals surface area contributed by atoms with Gasteiger partial charge in [0.1, 0.15) is 5.78 Å². The molecule has 0 N–H and O–H groups in total. The van der Waals surface area contributed by atoms with Gasteiger partial charge in [-0.25, -0.2) is 8.42 Å². The molecule has 82 valence electrons. The van der Waals surface area contributed by atoms with Gasteiger partial charge in [0.05, 0.1) is 4.90 Å². The standard InChI is InChI=1S/C11H14O3S/c1-8-6-10(7-9(2)12)4-5-11(8)15(3,13)14/h4-6H,7H2,1-3H3. The van der Waals surface area contributed by atoms with Gasteiger partial charge in [-0.05, 0) is 31.0 Å². The Morgan fingerprint density at radius 3 is 2.33 bits per heavy atom. The molecule has 0 atom stereocenters. The predicted molar refractivity (Wildman–Crippen MR) is 58.7 cm³/mol. The van der Waals surface area contributed by atoms with Crippen molar-refractivity contribution >= 4 is 15.6 Å². The van der Waals surface area contributed by atoms with Crippen LogP contribution in [0.25, 0.3) is 0 Å². The zero-order valence-corrected chi connectivity index (χ0v) is 9.89. The van der Waals surface area contributed by atoms with E-state index in [1.807, 2.05) is 0 Å². The van der Waals surface area contributed by atoms with Crippen LogP contribution >= 0.6 is 0 Å². The van der Waals surface area contributed by atoms with Gasteiger partial charge in [0.25, 0.3) is 0 Å². The molecule has 0 aliphatic rings. The molecule has 4 heteroatoms. The average molecular weight is 226 g/mol. The number of Topliss-reactive ketones (excluding diaryl/α,β-unsaturated/α-hetero) is 1. The minimum absolute atomic E-state index is 0.0708. The van der Waals surface area contributed by atoms with Crippen molar-refractivity contribution in [3.8, 4) is 0 Å². The molecular formula is C11H14O3S. The normalized spacial score (nSPS) is 11.4. The molecule has 0 saturated heterocycles. The van der Waals surface area contributed by atoms with E-state index in [1.54, 1.807) is 25.1 Å². The van der Waals surface area contributed by atoms with E-state index in [0.717, 1.165) is 5.56 Å². The van der Waals surface area contributed by atoms with Gasteiger partial charge in [0.15, 0.2) is 9.84 Å². The maximum atomic E-state index is 11.3.